The maximum atomic E-state index is 5.85. The van der Waals surface area contributed by atoms with Gasteiger partial charge in [0.1, 0.15) is 0 Å². The lowest BCUT2D eigenvalue weighted by molar-refractivity contribution is 0.0500. The van der Waals surface area contributed by atoms with E-state index in [1.165, 1.54) is 0 Å². The van der Waals surface area contributed by atoms with Crippen molar-refractivity contribution in [1.82, 2.24) is 4.98 Å². The molecule has 1 aromatic heterocycles. The highest BCUT2D eigenvalue weighted by Gasteiger charge is 2.26. The third-order valence-electron chi connectivity index (χ3n) is 3.25. The van der Waals surface area contributed by atoms with Crippen LogP contribution in [0.25, 0.3) is 10.9 Å². The summed E-state index contributed by atoms with van der Waals surface area (Å²) in [5.74, 6) is 1.57. The van der Waals surface area contributed by atoms with Crippen molar-refractivity contribution < 1.29 is 9.47 Å². The fourth-order valence-electron chi connectivity index (χ4n) is 2.36. The zero-order valence-corrected chi connectivity index (χ0v) is 10.1. The van der Waals surface area contributed by atoms with Gasteiger partial charge in [0, 0.05) is 17.1 Å². The molecule has 3 heteroatoms. The van der Waals surface area contributed by atoms with Crippen LogP contribution in [-0.2, 0) is 0 Å². The van der Waals surface area contributed by atoms with E-state index in [1.54, 1.807) is 6.20 Å². The Morgan fingerprint density at radius 2 is 1.58 bits per heavy atom. The highest BCUT2D eigenvalue weighted by molar-refractivity contribution is 5.82. The number of rotatable bonds is 1. The summed E-state index contributed by atoms with van der Waals surface area (Å²) in [6.45, 7) is 0. The Bertz CT molecular complexity index is 724. The summed E-state index contributed by atoms with van der Waals surface area (Å²) in [6.07, 6.45) is 1.39. The highest BCUT2D eigenvalue weighted by Crippen LogP contribution is 2.41. The largest absolute Gasteiger partial charge is 0.447 e. The van der Waals surface area contributed by atoms with Gasteiger partial charge in [-0.15, -0.1) is 0 Å². The Balaban J connectivity index is 1.81. The lowest BCUT2D eigenvalue weighted by Gasteiger charge is -2.12. The van der Waals surface area contributed by atoms with Crippen LogP contribution in [0.1, 0.15) is 11.9 Å². The summed E-state index contributed by atoms with van der Waals surface area (Å²) in [4.78, 5) is 4.35. The molecule has 0 amide bonds. The van der Waals surface area contributed by atoms with Crippen LogP contribution in [0.15, 0.2) is 60.8 Å². The van der Waals surface area contributed by atoms with Crippen molar-refractivity contribution in [3.05, 3.63) is 66.4 Å². The summed E-state index contributed by atoms with van der Waals surface area (Å²) in [5, 5.41) is 1.06. The summed E-state index contributed by atoms with van der Waals surface area (Å²) in [7, 11) is 0. The first-order chi connectivity index (χ1) is 9.42. The van der Waals surface area contributed by atoms with Gasteiger partial charge in [-0.1, -0.05) is 30.3 Å². The molecule has 0 saturated carbocycles. The molecular formula is C16H11NO2. The van der Waals surface area contributed by atoms with Crippen molar-refractivity contribution in [2.45, 2.75) is 6.29 Å². The molecule has 0 atom stereocenters. The minimum Gasteiger partial charge on any atom is -0.447 e. The number of hydrogen-bond acceptors (Lipinski definition) is 3. The van der Waals surface area contributed by atoms with Crippen LogP contribution < -0.4 is 9.47 Å². The topological polar surface area (TPSA) is 31.4 Å². The van der Waals surface area contributed by atoms with Crippen LogP contribution in [-0.4, -0.2) is 4.98 Å². The molecular weight excluding hydrogens is 238 g/mol. The maximum Gasteiger partial charge on any atom is 0.268 e. The second-order valence-corrected chi connectivity index (χ2v) is 4.43. The van der Waals surface area contributed by atoms with Crippen molar-refractivity contribution >= 4 is 10.9 Å². The molecule has 92 valence electrons. The van der Waals surface area contributed by atoms with Gasteiger partial charge in [0.2, 0.25) is 0 Å². The van der Waals surface area contributed by atoms with Crippen LogP contribution in [0.2, 0.25) is 0 Å². The standard InChI is InChI=1S/C16H11NO2/c1-2-9-15-14(8-1)18-16(19-15)12-5-3-7-13-11(12)6-4-10-17-13/h1-10,16H. The van der Waals surface area contributed by atoms with Crippen molar-refractivity contribution in [3.63, 3.8) is 0 Å². The van der Waals surface area contributed by atoms with Gasteiger partial charge >= 0.3 is 0 Å². The van der Waals surface area contributed by atoms with E-state index in [1.807, 2.05) is 54.6 Å². The quantitative estimate of drug-likeness (QED) is 0.659. The molecule has 0 spiro atoms. The predicted molar refractivity (Wildman–Crippen MR) is 72.2 cm³/mol. The number of hydrogen-bond donors (Lipinski definition) is 0. The lowest BCUT2D eigenvalue weighted by Crippen LogP contribution is -2.08. The monoisotopic (exact) mass is 249 g/mol. The van der Waals surface area contributed by atoms with E-state index in [2.05, 4.69) is 4.98 Å². The summed E-state index contributed by atoms with van der Waals surface area (Å²) in [5.41, 5.74) is 1.95. The minimum absolute atomic E-state index is 0.398. The molecule has 3 nitrogen and oxygen atoms in total. The SMILES string of the molecule is c1ccc2c(c1)OC(c1cccc3ncccc13)O2. The molecule has 2 heterocycles. The Morgan fingerprint density at radius 3 is 2.37 bits per heavy atom. The second-order valence-electron chi connectivity index (χ2n) is 4.43. The minimum atomic E-state index is -0.398. The number of nitrogens with zero attached hydrogens (tertiary/aromatic N) is 1. The highest BCUT2D eigenvalue weighted by atomic mass is 16.7. The fraction of sp³-hybridized carbons (Fsp3) is 0.0625. The predicted octanol–water partition coefficient (Wildman–Crippen LogP) is 3.70. The van der Waals surface area contributed by atoms with E-state index in [4.69, 9.17) is 9.47 Å². The number of pyridine rings is 1. The summed E-state index contributed by atoms with van der Waals surface area (Å²) in [6, 6.07) is 17.6. The van der Waals surface area contributed by atoms with Gasteiger partial charge < -0.3 is 9.47 Å². The van der Waals surface area contributed by atoms with E-state index >= 15 is 0 Å². The Kier molecular flexibility index (Phi) is 2.18. The molecule has 1 aliphatic rings. The normalized spacial score (nSPS) is 13.9. The first-order valence-corrected chi connectivity index (χ1v) is 6.18. The van der Waals surface area contributed by atoms with Crippen LogP contribution in [0.5, 0.6) is 11.5 Å². The van der Waals surface area contributed by atoms with Gasteiger partial charge in [0.25, 0.3) is 6.29 Å². The number of fused-ring (bicyclic) bond motifs is 2. The van der Waals surface area contributed by atoms with Gasteiger partial charge in [-0.2, -0.15) is 0 Å². The second kappa shape index (κ2) is 3.99. The van der Waals surface area contributed by atoms with Gasteiger partial charge in [-0.3, -0.25) is 4.98 Å². The van der Waals surface area contributed by atoms with Crippen molar-refractivity contribution in [1.29, 1.82) is 0 Å². The Hall–Kier alpha value is -2.55. The zero-order valence-electron chi connectivity index (χ0n) is 10.1. The number of para-hydroxylation sites is 2. The van der Waals surface area contributed by atoms with Crippen LogP contribution in [0.4, 0.5) is 0 Å². The maximum absolute atomic E-state index is 5.85. The number of benzene rings is 2. The van der Waals surface area contributed by atoms with Gasteiger partial charge in [-0.05, 0) is 24.3 Å². The third-order valence-corrected chi connectivity index (χ3v) is 3.25. The summed E-state index contributed by atoms with van der Waals surface area (Å²) >= 11 is 0. The zero-order chi connectivity index (χ0) is 12.7. The molecule has 0 aliphatic carbocycles. The van der Waals surface area contributed by atoms with Crippen molar-refractivity contribution in [2.24, 2.45) is 0 Å². The molecule has 0 saturated heterocycles. The number of ether oxygens (including phenoxy) is 2. The Labute approximate surface area is 110 Å². The van der Waals surface area contributed by atoms with E-state index in [0.717, 1.165) is 28.0 Å². The van der Waals surface area contributed by atoms with E-state index in [0.29, 0.717) is 0 Å². The van der Waals surface area contributed by atoms with Crippen LogP contribution in [0.3, 0.4) is 0 Å². The Morgan fingerprint density at radius 1 is 0.789 bits per heavy atom. The smallest absolute Gasteiger partial charge is 0.268 e. The molecule has 19 heavy (non-hydrogen) atoms. The van der Waals surface area contributed by atoms with Gasteiger partial charge in [0.15, 0.2) is 11.5 Å². The fourth-order valence-corrected chi connectivity index (χ4v) is 2.36. The van der Waals surface area contributed by atoms with E-state index in [-0.39, 0.29) is 0 Å². The molecule has 0 fully saturated rings. The van der Waals surface area contributed by atoms with E-state index in [9.17, 15) is 0 Å². The molecule has 0 bridgehead atoms. The molecule has 1 aliphatic heterocycles. The molecule has 2 aromatic carbocycles. The average Bonchev–Trinajstić information content (AvgIpc) is 2.90. The molecule has 4 rings (SSSR count). The lowest BCUT2D eigenvalue weighted by atomic mass is 10.1. The third kappa shape index (κ3) is 1.63. The number of aromatic nitrogens is 1. The van der Waals surface area contributed by atoms with Crippen LogP contribution in [0, 0.1) is 0 Å². The molecule has 3 aromatic rings. The van der Waals surface area contributed by atoms with Gasteiger partial charge in [-0.25, -0.2) is 0 Å². The average molecular weight is 249 g/mol. The van der Waals surface area contributed by atoms with E-state index < -0.39 is 6.29 Å². The summed E-state index contributed by atoms with van der Waals surface area (Å²) < 4.78 is 11.7. The van der Waals surface area contributed by atoms with Gasteiger partial charge in [0.05, 0.1) is 5.52 Å². The van der Waals surface area contributed by atoms with Crippen molar-refractivity contribution in [2.75, 3.05) is 0 Å². The molecule has 0 radical (unpaired) electrons. The van der Waals surface area contributed by atoms with Crippen LogP contribution >= 0.6 is 0 Å². The molecule has 0 unspecified atom stereocenters. The van der Waals surface area contributed by atoms with Crippen molar-refractivity contribution in [3.8, 4) is 11.5 Å². The molecule has 0 N–H and O–H groups in total. The first-order valence-electron chi connectivity index (χ1n) is 6.18. The first kappa shape index (κ1) is 10.4.